The summed E-state index contributed by atoms with van der Waals surface area (Å²) in [7, 11) is 0. The number of benzene rings is 2. The molecule has 1 fully saturated rings. The van der Waals surface area contributed by atoms with Crippen LogP contribution in [-0.2, 0) is 9.59 Å². The number of hydrogen-bond donors (Lipinski definition) is 0. The number of Topliss-reactive ketones (excluding diaryl/α,β-unsaturated/α-hetero) is 1. The minimum absolute atomic E-state index is 0.0284. The molecule has 2 aromatic carbocycles. The first-order chi connectivity index (χ1) is 15.7. The molecule has 0 bridgehead atoms. The van der Waals surface area contributed by atoms with Crippen LogP contribution in [0.4, 0.5) is 4.79 Å². The minimum atomic E-state index is -1.19. The first-order valence-electron chi connectivity index (χ1n) is 11.6. The first-order valence-corrected chi connectivity index (χ1v) is 11.6. The van der Waals surface area contributed by atoms with E-state index in [2.05, 4.69) is 0 Å². The highest BCUT2D eigenvalue weighted by atomic mass is 16.2. The van der Waals surface area contributed by atoms with Gasteiger partial charge in [0, 0.05) is 29.0 Å². The average molecular weight is 463 g/mol. The molecule has 0 N–H and O–H groups in total. The number of amides is 4. The normalized spacial score (nSPS) is 16.7. The van der Waals surface area contributed by atoms with Crippen LogP contribution in [0.3, 0.4) is 0 Å². The number of aryl methyl sites for hydroxylation is 1. The van der Waals surface area contributed by atoms with Gasteiger partial charge in [-0.2, -0.15) is 0 Å². The van der Waals surface area contributed by atoms with Gasteiger partial charge in [0.1, 0.15) is 5.92 Å². The van der Waals surface area contributed by atoms with Crippen molar-refractivity contribution in [1.82, 2.24) is 9.80 Å². The maximum Gasteiger partial charge on any atom is 0.334 e. The molecule has 1 saturated heterocycles. The molecule has 6 heteroatoms. The molecule has 0 aromatic heterocycles. The van der Waals surface area contributed by atoms with Gasteiger partial charge in [-0.05, 0) is 54.0 Å². The molecule has 2 aromatic rings. The van der Waals surface area contributed by atoms with E-state index in [4.69, 9.17) is 0 Å². The van der Waals surface area contributed by atoms with Crippen molar-refractivity contribution in [3.05, 3.63) is 71.3 Å². The molecular formula is C28H34N2O4. The number of hydrogen-bond acceptors (Lipinski definition) is 4. The molecule has 3 rings (SSSR count). The van der Waals surface area contributed by atoms with Crippen LogP contribution in [0.25, 0.3) is 0 Å². The molecule has 1 heterocycles. The predicted octanol–water partition coefficient (Wildman–Crippen LogP) is 5.36. The zero-order valence-corrected chi connectivity index (χ0v) is 21.1. The average Bonchev–Trinajstić information content (AvgIpc) is 2.71. The van der Waals surface area contributed by atoms with Crippen molar-refractivity contribution in [3.8, 4) is 0 Å². The van der Waals surface area contributed by atoms with Crippen molar-refractivity contribution in [3.63, 3.8) is 0 Å². The number of nitrogens with zero attached hydrogens (tertiary/aromatic N) is 2. The van der Waals surface area contributed by atoms with Crippen molar-refractivity contribution in [2.45, 2.75) is 71.9 Å². The fourth-order valence-corrected chi connectivity index (χ4v) is 4.44. The maximum absolute atomic E-state index is 13.8. The summed E-state index contributed by atoms with van der Waals surface area (Å²) >= 11 is 0. The van der Waals surface area contributed by atoms with E-state index in [1.807, 2.05) is 49.4 Å². The van der Waals surface area contributed by atoms with Crippen LogP contribution in [0, 0.1) is 12.8 Å². The van der Waals surface area contributed by atoms with E-state index in [0.29, 0.717) is 11.1 Å². The molecule has 1 aliphatic rings. The summed E-state index contributed by atoms with van der Waals surface area (Å²) in [6, 6.07) is 15.8. The highest BCUT2D eigenvalue weighted by Gasteiger charge is 2.55. The quantitative estimate of drug-likeness (QED) is 0.443. The van der Waals surface area contributed by atoms with Crippen molar-refractivity contribution in [2.24, 2.45) is 5.92 Å². The minimum Gasteiger partial charge on any atom is -0.294 e. The standard InChI is InChI=1S/C28H34N2O4/c1-18-13-15-20(16-14-18)22(31)17-21(19-11-9-8-10-12-19)23-24(32)29(27(2,3)4)26(34)30(25(23)33)28(5,6)7/h8-16,21,23H,17H2,1-7H3/t21-/m1/s1. The summed E-state index contributed by atoms with van der Waals surface area (Å²) in [6.07, 6.45) is -0.0284. The number of imide groups is 2. The van der Waals surface area contributed by atoms with Gasteiger partial charge >= 0.3 is 6.03 Å². The Hall–Kier alpha value is -3.28. The lowest BCUT2D eigenvalue weighted by Crippen LogP contribution is -2.68. The number of carbonyl (C=O) groups excluding carboxylic acids is 4. The van der Waals surface area contributed by atoms with Crippen molar-refractivity contribution >= 4 is 23.6 Å². The van der Waals surface area contributed by atoms with Crippen molar-refractivity contribution in [1.29, 1.82) is 0 Å². The van der Waals surface area contributed by atoms with Crippen LogP contribution in [0.15, 0.2) is 54.6 Å². The van der Waals surface area contributed by atoms with Crippen LogP contribution in [0.2, 0.25) is 0 Å². The number of barbiturate groups is 1. The Balaban J connectivity index is 2.13. The van der Waals surface area contributed by atoms with Crippen LogP contribution in [-0.4, -0.2) is 44.5 Å². The van der Waals surface area contributed by atoms with E-state index in [0.717, 1.165) is 5.56 Å². The predicted molar refractivity (Wildman–Crippen MR) is 131 cm³/mol. The van der Waals surface area contributed by atoms with Gasteiger partial charge in [0.25, 0.3) is 0 Å². The van der Waals surface area contributed by atoms with Gasteiger partial charge in [-0.1, -0.05) is 60.2 Å². The zero-order valence-electron chi connectivity index (χ0n) is 21.1. The van der Waals surface area contributed by atoms with Gasteiger partial charge in [-0.15, -0.1) is 0 Å². The maximum atomic E-state index is 13.8. The molecule has 0 aliphatic carbocycles. The van der Waals surface area contributed by atoms with Gasteiger partial charge < -0.3 is 0 Å². The van der Waals surface area contributed by atoms with Crippen molar-refractivity contribution < 1.29 is 19.2 Å². The second-order valence-corrected chi connectivity index (χ2v) is 11.0. The van der Waals surface area contributed by atoms with E-state index in [1.165, 1.54) is 9.80 Å². The van der Waals surface area contributed by atoms with Gasteiger partial charge in [0.2, 0.25) is 11.8 Å². The monoisotopic (exact) mass is 462 g/mol. The van der Waals surface area contributed by atoms with Gasteiger partial charge in [-0.25, -0.2) is 4.79 Å². The molecule has 34 heavy (non-hydrogen) atoms. The van der Waals surface area contributed by atoms with Crippen LogP contribution < -0.4 is 0 Å². The Morgan fingerprint density at radius 3 is 1.71 bits per heavy atom. The van der Waals surface area contributed by atoms with Crippen LogP contribution in [0.1, 0.15) is 75.4 Å². The zero-order chi connectivity index (χ0) is 25.4. The first kappa shape index (κ1) is 25.3. The third-order valence-electron chi connectivity index (χ3n) is 6.11. The highest BCUT2D eigenvalue weighted by Crippen LogP contribution is 2.39. The molecule has 1 atom stereocenters. The van der Waals surface area contributed by atoms with E-state index < -0.39 is 40.8 Å². The Morgan fingerprint density at radius 1 is 0.794 bits per heavy atom. The lowest BCUT2D eigenvalue weighted by Gasteiger charge is -2.48. The van der Waals surface area contributed by atoms with E-state index in [9.17, 15) is 19.2 Å². The topological polar surface area (TPSA) is 74.8 Å². The molecule has 0 unspecified atom stereocenters. The summed E-state index contributed by atoms with van der Waals surface area (Å²) in [6.45, 7) is 12.6. The summed E-state index contributed by atoms with van der Waals surface area (Å²) in [5, 5.41) is 0. The summed E-state index contributed by atoms with van der Waals surface area (Å²) < 4.78 is 0. The Bertz CT molecular complexity index is 1060. The molecule has 180 valence electrons. The fourth-order valence-electron chi connectivity index (χ4n) is 4.44. The third kappa shape index (κ3) is 4.96. The lowest BCUT2D eigenvalue weighted by atomic mass is 9.77. The van der Waals surface area contributed by atoms with E-state index in [1.54, 1.807) is 53.7 Å². The number of urea groups is 1. The Morgan fingerprint density at radius 2 is 1.26 bits per heavy atom. The SMILES string of the molecule is Cc1ccc(C(=O)C[C@H](c2ccccc2)C2C(=O)N(C(C)(C)C)C(=O)N(C(C)(C)C)C2=O)cc1. The van der Waals surface area contributed by atoms with Gasteiger partial charge in [0.15, 0.2) is 5.78 Å². The number of rotatable bonds is 5. The summed E-state index contributed by atoms with van der Waals surface area (Å²) in [5.41, 5.74) is 0.608. The van der Waals surface area contributed by atoms with Crippen molar-refractivity contribution in [2.75, 3.05) is 0 Å². The molecule has 0 saturated carbocycles. The fraction of sp³-hybridized carbons (Fsp3) is 0.429. The number of ketones is 1. The highest BCUT2D eigenvalue weighted by molar-refractivity contribution is 6.17. The summed E-state index contributed by atoms with van der Waals surface area (Å²) in [5.74, 6) is -3.18. The lowest BCUT2D eigenvalue weighted by molar-refractivity contribution is -0.156. The molecule has 0 radical (unpaired) electrons. The second-order valence-electron chi connectivity index (χ2n) is 11.0. The molecule has 6 nitrogen and oxygen atoms in total. The summed E-state index contributed by atoms with van der Waals surface area (Å²) in [4.78, 5) is 56.6. The molecule has 1 aliphatic heterocycles. The van der Waals surface area contributed by atoms with Gasteiger partial charge in [0.05, 0.1) is 0 Å². The second kappa shape index (κ2) is 9.16. The number of carbonyl (C=O) groups is 4. The molecule has 0 spiro atoms. The van der Waals surface area contributed by atoms with Crippen LogP contribution in [0.5, 0.6) is 0 Å². The molecule has 4 amide bonds. The van der Waals surface area contributed by atoms with E-state index >= 15 is 0 Å². The largest absolute Gasteiger partial charge is 0.334 e. The smallest absolute Gasteiger partial charge is 0.294 e. The van der Waals surface area contributed by atoms with Crippen LogP contribution >= 0.6 is 0 Å². The molecular weight excluding hydrogens is 428 g/mol. The van der Waals surface area contributed by atoms with Gasteiger partial charge in [-0.3, -0.25) is 24.2 Å². The van der Waals surface area contributed by atoms with E-state index in [-0.39, 0.29) is 12.2 Å². The third-order valence-corrected chi connectivity index (χ3v) is 6.11. The Labute approximate surface area is 201 Å². The Kier molecular flexibility index (Phi) is 6.83.